The summed E-state index contributed by atoms with van der Waals surface area (Å²) in [6, 6.07) is 11.5. The number of rotatable bonds is 2. The number of hydrogen-bond acceptors (Lipinski definition) is 2. The van der Waals surface area contributed by atoms with Crippen molar-refractivity contribution in [2.75, 3.05) is 0 Å². The zero-order valence-electron chi connectivity index (χ0n) is 8.47. The SMILES string of the molecule is CC(=O)c1cccc(-c2ccncc2)c1. The van der Waals surface area contributed by atoms with Crippen molar-refractivity contribution in [3.63, 3.8) is 0 Å². The summed E-state index contributed by atoms with van der Waals surface area (Å²) in [5.41, 5.74) is 2.86. The van der Waals surface area contributed by atoms with E-state index in [-0.39, 0.29) is 5.78 Å². The first-order chi connectivity index (χ1) is 7.27. The highest BCUT2D eigenvalue weighted by Crippen LogP contribution is 2.19. The molecule has 2 rings (SSSR count). The maximum atomic E-state index is 11.2. The molecule has 0 saturated carbocycles. The monoisotopic (exact) mass is 197 g/mol. The van der Waals surface area contributed by atoms with Crippen LogP contribution in [0.3, 0.4) is 0 Å². The van der Waals surface area contributed by atoms with Crippen molar-refractivity contribution in [3.05, 3.63) is 54.4 Å². The molecule has 0 amide bonds. The van der Waals surface area contributed by atoms with Crippen LogP contribution in [0.2, 0.25) is 0 Å². The van der Waals surface area contributed by atoms with Gasteiger partial charge >= 0.3 is 0 Å². The summed E-state index contributed by atoms with van der Waals surface area (Å²) in [5, 5.41) is 0. The third-order valence-corrected chi connectivity index (χ3v) is 2.28. The van der Waals surface area contributed by atoms with Crippen LogP contribution in [0.1, 0.15) is 17.3 Å². The summed E-state index contributed by atoms with van der Waals surface area (Å²) in [4.78, 5) is 15.2. The lowest BCUT2D eigenvalue weighted by molar-refractivity contribution is 0.101. The van der Waals surface area contributed by atoms with E-state index in [1.54, 1.807) is 19.3 Å². The van der Waals surface area contributed by atoms with Crippen molar-refractivity contribution in [1.29, 1.82) is 0 Å². The molecule has 2 nitrogen and oxygen atoms in total. The average molecular weight is 197 g/mol. The zero-order chi connectivity index (χ0) is 10.7. The molecular formula is C13H11NO. The van der Waals surface area contributed by atoms with Crippen molar-refractivity contribution < 1.29 is 4.79 Å². The quantitative estimate of drug-likeness (QED) is 0.693. The second kappa shape index (κ2) is 4.05. The molecule has 0 aliphatic rings. The molecule has 74 valence electrons. The van der Waals surface area contributed by atoms with Gasteiger partial charge in [0, 0.05) is 18.0 Å². The normalized spacial score (nSPS) is 9.93. The van der Waals surface area contributed by atoms with Gasteiger partial charge in [-0.2, -0.15) is 0 Å². The molecule has 0 unspecified atom stereocenters. The Balaban J connectivity index is 2.46. The second-order valence-electron chi connectivity index (χ2n) is 3.37. The predicted octanol–water partition coefficient (Wildman–Crippen LogP) is 2.95. The number of benzene rings is 1. The predicted molar refractivity (Wildman–Crippen MR) is 59.7 cm³/mol. The summed E-state index contributed by atoms with van der Waals surface area (Å²) in [5.74, 6) is 0.0888. The molecule has 15 heavy (non-hydrogen) atoms. The molecule has 1 aromatic heterocycles. The molecule has 0 aliphatic carbocycles. The summed E-state index contributed by atoms with van der Waals surface area (Å²) < 4.78 is 0. The van der Waals surface area contributed by atoms with Gasteiger partial charge < -0.3 is 0 Å². The van der Waals surface area contributed by atoms with Crippen molar-refractivity contribution in [2.24, 2.45) is 0 Å². The Morgan fingerprint density at radius 3 is 2.47 bits per heavy atom. The van der Waals surface area contributed by atoms with Crippen LogP contribution in [0.4, 0.5) is 0 Å². The smallest absolute Gasteiger partial charge is 0.159 e. The molecule has 1 aromatic carbocycles. The number of aromatic nitrogens is 1. The molecule has 0 spiro atoms. The van der Waals surface area contributed by atoms with E-state index in [1.165, 1.54) is 0 Å². The van der Waals surface area contributed by atoms with E-state index in [9.17, 15) is 4.79 Å². The van der Waals surface area contributed by atoms with Gasteiger partial charge in [-0.3, -0.25) is 9.78 Å². The topological polar surface area (TPSA) is 30.0 Å². The third-order valence-electron chi connectivity index (χ3n) is 2.28. The molecule has 2 heteroatoms. The fourth-order valence-electron chi connectivity index (χ4n) is 1.46. The van der Waals surface area contributed by atoms with Crippen LogP contribution in [0.5, 0.6) is 0 Å². The van der Waals surface area contributed by atoms with E-state index in [4.69, 9.17) is 0 Å². The van der Waals surface area contributed by atoms with E-state index < -0.39 is 0 Å². The molecule has 0 fully saturated rings. The second-order valence-corrected chi connectivity index (χ2v) is 3.37. The highest BCUT2D eigenvalue weighted by Gasteiger charge is 2.01. The van der Waals surface area contributed by atoms with E-state index in [1.807, 2.05) is 36.4 Å². The highest BCUT2D eigenvalue weighted by atomic mass is 16.1. The Morgan fingerprint density at radius 1 is 1.07 bits per heavy atom. The van der Waals surface area contributed by atoms with Crippen molar-refractivity contribution in [1.82, 2.24) is 4.98 Å². The fourth-order valence-corrected chi connectivity index (χ4v) is 1.46. The lowest BCUT2D eigenvalue weighted by Gasteiger charge is -2.02. The fraction of sp³-hybridized carbons (Fsp3) is 0.0769. The van der Waals surface area contributed by atoms with E-state index >= 15 is 0 Å². The lowest BCUT2D eigenvalue weighted by atomic mass is 10.0. The molecule has 2 aromatic rings. The van der Waals surface area contributed by atoms with Crippen LogP contribution < -0.4 is 0 Å². The van der Waals surface area contributed by atoms with Crippen LogP contribution in [-0.4, -0.2) is 10.8 Å². The summed E-state index contributed by atoms with van der Waals surface area (Å²) >= 11 is 0. The third kappa shape index (κ3) is 2.10. The minimum atomic E-state index is 0.0888. The van der Waals surface area contributed by atoms with E-state index in [2.05, 4.69) is 4.98 Å². The maximum absolute atomic E-state index is 11.2. The maximum Gasteiger partial charge on any atom is 0.159 e. The standard InChI is InChI=1S/C13H11NO/c1-10(15)12-3-2-4-13(9-12)11-5-7-14-8-6-11/h2-9H,1H3. The van der Waals surface area contributed by atoms with Crippen LogP contribution in [0, 0.1) is 0 Å². The van der Waals surface area contributed by atoms with E-state index in [0.29, 0.717) is 0 Å². The molecule has 0 aliphatic heterocycles. The Hall–Kier alpha value is -1.96. The van der Waals surface area contributed by atoms with Crippen LogP contribution >= 0.6 is 0 Å². The summed E-state index contributed by atoms with van der Waals surface area (Å²) in [6.07, 6.45) is 3.49. The molecule has 0 N–H and O–H groups in total. The van der Waals surface area contributed by atoms with Gasteiger partial charge in [0.15, 0.2) is 5.78 Å². The molecular weight excluding hydrogens is 186 g/mol. The minimum absolute atomic E-state index is 0.0888. The van der Waals surface area contributed by atoms with Gasteiger partial charge in [0.2, 0.25) is 0 Å². The van der Waals surface area contributed by atoms with Gasteiger partial charge in [-0.15, -0.1) is 0 Å². The van der Waals surface area contributed by atoms with Gasteiger partial charge in [-0.05, 0) is 36.2 Å². The number of Topliss-reactive ketones (excluding diaryl/α,β-unsaturated/α-hetero) is 1. The van der Waals surface area contributed by atoms with Crippen LogP contribution in [0.15, 0.2) is 48.8 Å². The number of nitrogens with zero attached hydrogens (tertiary/aromatic N) is 1. The first kappa shape index (κ1) is 9.59. The molecule has 1 heterocycles. The highest BCUT2D eigenvalue weighted by molar-refractivity contribution is 5.95. The van der Waals surface area contributed by atoms with Gasteiger partial charge in [0.05, 0.1) is 0 Å². The van der Waals surface area contributed by atoms with Gasteiger partial charge in [0.25, 0.3) is 0 Å². The van der Waals surface area contributed by atoms with Crippen LogP contribution in [-0.2, 0) is 0 Å². The van der Waals surface area contributed by atoms with Crippen molar-refractivity contribution in [2.45, 2.75) is 6.92 Å². The van der Waals surface area contributed by atoms with Gasteiger partial charge in [-0.25, -0.2) is 0 Å². The number of hydrogen-bond donors (Lipinski definition) is 0. The summed E-state index contributed by atoms with van der Waals surface area (Å²) in [6.45, 7) is 1.58. The summed E-state index contributed by atoms with van der Waals surface area (Å²) in [7, 11) is 0. The molecule has 0 bridgehead atoms. The van der Waals surface area contributed by atoms with Gasteiger partial charge in [0.1, 0.15) is 0 Å². The average Bonchev–Trinajstić information content (AvgIpc) is 2.30. The zero-order valence-corrected chi connectivity index (χ0v) is 8.47. The lowest BCUT2D eigenvalue weighted by Crippen LogP contribution is -1.91. The Labute approximate surface area is 88.6 Å². The van der Waals surface area contributed by atoms with Gasteiger partial charge in [-0.1, -0.05) is 18.2 Å². The molecule has 0 atom stereocenters. The Kier molecular flexibility index (Phi) is 2.59. The Bertz CT molecular complexity index is 477. The number of pyridine rings is 1. The largest absolute Gasteiger partial charge is 0.295 e. The van der Waals surface area contributed by atoms with Crippen molar-refractivity contribution >= 4 is 5.78 Å². The molecule has 0 radical (unpaired) electrons. The minimum Gasteiger partial charge on any atom is -0.295 e. The number of carbonyl (C=O) groups excluding carboxylic acids is 1. The van der Waals surface area contributed by atoms with Crippen LogP contribution in [0.25, 0.3) is 11.1 Å². The van der Waals surface area contributed by atoms with Crippen molar-refractivity contribution in [3.8, 4) is 11.1 Å². The first-order valence-electron chi connectivity index (χ1n) is 4.79. The number of ketones is 1. The molecule has 0 saturated heterocycles. The Morgan fingerprint density at radius 2 is 1.80 bits per heavy atom. The van der Waals surface area contributed by atoms with E-state index in [0.717, 1.165) is 16.7 Å². The number of carbonyl (C=O) groups is 1. The first-order valence-corrected chi connectivity index (χ1v) is 4.79.